The van der Waals surface area contributed by atoms with E-state index in [0.717, 1.165) is 24.8 Å². The molecule has 0 radical (unpaired) electrons. The average molecular weight is 563 g/mol. The van der Waals surface area contributed by atoms with Crippen molar-refractivity contribution in [3.8, 4) is 5.75 Å². The SMILES string of the molecule is CCNC(=NCc1cc(F)ccc1CS(C)(=O)=O)NCCCCOc1ccccc1.I. The number of ether oxygens (including phenoxy) is 1. The van der Waals surface area contributed by atoms with Crippen molar-refractivity contribution in [2.75, 3.05) is 26.0 Å². The lowest BCUT2D eigenvalue weighted by Gasteiger charge is -2.13. The quantitative estimate of drug-likeness (QED) is 0.188. The van der Waals surface area contributed by atoms with Crippen LogP contribution < -0.4 is 15.4 Å². The maximum absolute atomic E-state index is 13.7. The second kappa shape index (κ2) is 14.2. The zero-order chi connectivity index (χ0) is 21.8. The Morgan fingerprint density at radius 2 is 1.81 bits per heavy atom. The summed E-state index contributed by atoms with van der Waals surface area (Å²) in [5, 5.41) is 6.39. The number of benzene rings is 2. The largest absolute Gasteiger partial charge is 0.494 e. The molecule has 0 amide bonds. The minimum atomic E-state index is -3.22. The Labute approximate surface area is 201 Å². The van der Waals surface area contributed by atoms with Crippen molar-refractivity contribution in [1.29, 1.82) is 0 Å². The van der Waals surface area contributed by atoms with Gasteiger partial charge in [-0.05, 0) is 55.2 Å². The third kappa shape index (κ3) is 11.3. The molecule has 0 unspecified atom stereocenters. The predicted molar refractivity (Wildman–Crippen MR) is 134 cm³/mol. The van der Waals surface area contributed by atoms with Crippen LogP contribution in [-0.2, 0) is 22.1 Å². The number of aliphatic imine (C=N–C) groups is 1. The van der Waals surface area contributed by atoms with Crippen LogP contribution in [0.3, 0.4) is 0 Å². The second-order valence-electron chi connectivity index (χ2n) is 6.97. The Hall–Kier alpha value is -1.88. The first-order valence-electron chi connectivity index (χ1n) is 10.0. The Bertz CT molecular complexity index is 925. The number of rotatable bonds is 11. The van der Waals surface area contributed by atoms with E-state index in [4.69, 9.17) is 4.74 Å². The molecule has 0 aliphatic carbocycles. The van der Waals surface area contributed by atoms with Gasteiger partial charge in [0.15, 0.2) is 15.8 Å². The predicted octanol–water partition coefficient (Wildman–Crippen LogP) is 3.90. The average Bonchev–Trinajstić information content (AvgIpc) is 2.70. The maximum Gasteiger partial charge on any atom is 0.191 e. The molecular formula is C22H31FIN3O3S. The van der Waals surface area contributed by atoms with Gasteiger partial charge in [0.05, 0.1) is 18.9 Å². The smallest absolute Gasteiger partial charge is 0.191 e. The lowest BCUT2D eigenvalue weighted by Crippen LogP contribution is -2.37. The number of nitrogens with zero attached hydrogens (tertiary/aromatic N) is 1. The van der Waals surface area contributed by atoms with Gasteiger partial charge in [-0.25, -0.2) is 17.8 Å². The van der Waals surface area contributed by atoms with E-state index in [1.807, 2.05) is 37.3 Å². The van der Waals surface area contributed by atoms with Crippen LogP contribution in [0, 0.1) is 5.82 Å². The Balaban J connectivity index is 0.00000480. The highest BCUT2D eigenvalue weighted by molar-refractivity contribution is 14.0. The summed E-state index contributed by atoms with van der Waals surface area (Å²) in [6, 6.07) is 13.8. The van der Waals surface area contributed by atoms with Crippen LogP contribution >= 0.6 is 24.0 Å². The molecule has 2 rings (SSSR count). The molecule has 0 aromatic heterocycles. The molecule has 6 nitrogen and oxygen atoms in total. The molecule has 0 heterocycles. The highest BCUT2D eigenvalue weighted by Gasteiger charge is 2.10. The molecule has 0 spiro atoms. The van der Waals surface area contributed by atoms with Gasteiger partial charge in [0, 0.05) is 19.3 Å². The fraction of sp³-hybridized carbons (Fsp3) is 0.409. The molecule has 0 aliphatic rings. The van der Waals surface area contributed by atoms with Gasteiger partial charge in [-0.3, -0.25) is 0 Å². The van der Waals surface area contributed by atoms with Crippen molar-refractivity contribution >= 4 is 39.8 Å². The molecule has 2 aromatic rings. The van der Waals surface area contributed by atoms with E-state index in [1.165, 1.54) is 18.2 Å². The zero-order valence-corrected chi connectivity index (χ0v) is 21.1. The zero-order valence-electron chi connectivity index (χ0n) is 17.9. The minimum Gasteiger partial charge on any atom is -0.494 e. The Kier molecular flexibility index (Phi) is 12.5. The summed E-state index contributed by atoms with van der Waals surface area (Å²) in [6.07, 6.45) is 2.96. The van der Waals surface area contributed by atoms with Crippen LogP contribution in [0.2, 0.25) is 0 Å². The fourth-order valence-electron chi connectivity index (χ4n) is 2.81. The molecule has 0 saturated carbocycles. The van der Waals surface area contributed by atoms with Gasteiger partial charge in [0.2, 0.25) is 0 Å². The van der Waals surface area contributed by atoms with Crippen molar-refractivity contribution in [3.05, 3.63) is 65.5 Å². The topological polar surface area (TPSA) is 79.8 Å². The number of halogens is 2. The van der Waals surface area contributed by atoms with Crippen LogP contribution in [0.1, 0.15) is 30.9 Å². The summed E-state index contributed by atoms with van der Waals surface area (Å²) in [5.74, 6) is 0.925. The van der Waals surface area contributed by atoms with E-state index in [0.29, 0.717) is 36.8 Å². The standard InChI is InChI=1S/C22H30FN3O3S.HI/c1-3-24-22(25-13-7-8-14-29-21-9-5-4-6-10-21)26-16-19-15-20(23)12-11-18(19)17-30(2,27)28;/h4-6,9-12,15H,3,7-8,13-14,16-17H2,1-2H3,(H2,24,25,26);1H. The minimum absolute atomic E-state index is 0. The van der Waals surface area contributed by atoms with Crippen molar-refractivity contribution < 1.29 is 17.5 Å². The summed E-state index contributed by atoms with van der Waals surface area (Å²) in [7, 11) is -3.22. The summed E-state index contributed by atoms with van der Waals surface area (Å²) >= 11 is 0. The second-order valence-corrected chi connectivity index (χ2v) is 9.11. The van der Waals surface area contributed by atoms with E-state index < -0.39 is 15.7 Å². The lowest BCUT2D eigenvalue weighted by molar-refractivity contribution is 0.307. The van der Waals surface area contributed by atoms with Crippen molar-refractivity contribution in [2.45, 2.75) is 32.1 Å². The van der Waals surface area contributed by atoms with Gasteiger partial charge in [0.1, 0.15) is 11.6 Å². The van der Waals surface area contributed by atoms with Crippen molar-refractivity contribution in [3.63, 3.8) is 0 Å². The molecule has 172 valence electrons. The molecule has 31 heavy (non-hydrogen) atoms. The first kappa shape index (κ1) is 27.2. The van der Waals surface area contributed by atoms with Crippen LogP contribution in [0.5, 0.6) is 5.75 Å². The van der Waals surface area contributed by atoms with Crippen molar-refractivity contribution in [2.24, 2.45) is 4.99 Å². The Morgan fingerprint density at radius 3 is 2.48 bits per heavy atom. The Morgan fingerprint density at radius 1 is 1.06 bits per heavy atom. The van der Waals surface area contributed by atoms with E-state index in [1.54, 1.807) is 0 Å². The molecule has 0 bridgehead atoms. The van der Waals surface area contributed by atoms with E-state index in [2.05, 4.69) is 15.6 Å². The third-order valence-electron chi connectivity index (χ3n) is 4.21. The fourth-order valence-corrected chi connectivity index (χ4v) is 3.66. The van der Waals surface area contributed by atoms with Gasteiger partial charge < -0.3 is 15.4 Å². The molecule has 0 fully saturated rings. The number of sulfone groups is 1. The third-order valence-corrected chi connectivity index (χ3v) is 5.05. The van der Waals surface area contributed by atoms with Gasteiger partial charge in [0.25, 0.3) is 0 Å². The first-order valence-corrected chi connectivity index (χ1v) is 12.1. The molecule has 0 atom stereocenters. The van der Waals surface area contributed by atoms with Crippen molar-refractivity contribution in [1.82, 2.24) is 10.6 Å². The summed E-state index contributed by atoms with van der Waals surface area (Å²) < 4.78 is 42.6. The normalized spacial score (nSPS) is 11.5. The van der Waals surface area contributed by atoms with Crippen LogP contribution in [0.4, 0.5) is 4.39 Å². The van der Waals surface area contributed by atoms with Gasteiger partial charge in [-0.15, -0.1) is 24.0 Å². The molecule has 2 N–H and O–H groups in total. The van der Waals surface area contributed by atoms with Crippen LogP contribution in [0.15, 0.2) is 53.5 Å². The van der Waals surface area contributed by atoms with Crippen LogP contribution in [-0.4, -0.2) is 40.3 Å². The molecule has 9 heteroatoms. The highest BCUT2D eigenvalue weighted by Crippen LogP contribution is 2.15. The number of unbranched alkanes of at least 4 members (excludes halogenated alkanes) is 1. The van der Waals surface area contributed by atoms with Crippen LogP contribution in [0.25, 0.3) is 0 Å². The van der Waals surface area contributed by atoms with Gasteiger partial charge >= 0.3 is 0 Å². The molecule has 0 aliphatic heterocycles. The maximum atomic E-state index is 13.7. The van der Waals surface area contributed by atoms with E-state index in [9.17, 15) is 12.8 Å². The molecule has 0 saturated heterocycles. The summed E-state index contributed by atoms with van der Waals surface area (Å²) in [6.45, 7) is 4.18. The first-order chi connectivity index (χ1) is 14.4. The highest BCUT2D eigenvalue weighted by atomic mass is 127. The lowest BCUT2D eigenvalue weighted by atomic mass is 10.1. The number of hydrogen-bond donors (Lipinski definition) is 2. The summed E-state index contributed by atoms with van der Waals surface area (Å²) in [4.78, 5) is 4.48. The van der Waals surface area contributed by atoms with Gasteiger partial charge in [-0.2, -0.15) is 0 Å². The summed E-state index contributed by atoms with van der Waals surface area (Å²) in [5.41, 5.74) is 1.13. The number of nitrogens with one attached hydrogen (secondary N) is 2. The van der Waals surface area contributed by atoms with E-state index in [-0.39, 0.29) is 36.3 Å². The number of guanidine groups is 1. The number of para-hydroxylation sites is 1. The molecule has 2 aromatic carbocycles. The monoisotopic (exact) mass is 563 g/mol. The van der Waals surface area contributed by atoms with Gasteiger partial charge in [-0.1, -0.05) is 24.3 Å². The van der Waals surface area contributed by atoms with E-state index >= 15 is 0 Å². The molecular weight excluding hydrogens is 532 g/mol. The number of hydrogen-bond acceptors (Lipinski definition) is 4.